The molecule has 15 heavy (non-hydrogen) atoms. The summed E-state index contributed by atoms with van der Waals surface area (Å²) in [6.07, 6.45) is 0. The predicted octanol–water partition coefficient (Wildman–Crippen LogP) is 0.807. The zero-order valence-corrected chi connectivity index (χ0v) is 8.77. The second-order valence-corrected chi connectivity index (χ2v) is 3.46. The van der Waals surface area contributed by atoms with Gasteiger partial charge in [0.05, 0.1) is 10.7 Å². The van der Waals surface area contributed by atoms with Gasteiger partial charge in [-0.15, -0.1) is 5.10 Å². The maximum absolute atomic E-state index is 11.7. The van der Waals surface area contributed by atoms with Crippen LogP contribution in [0.4, 0.5) is 5.95 Å². The lowest BCUT2D eigenvalue weighted by molar-refractivity contribution is 0.727. The zero-order valence-electron chi connectivity index (χ0n) is 8.01. The van der Waals surface area contributed by atoms with E-state index in [0.717, 1.165) is 0 Å². The molecule has 0 saturated heterocycles. The largest absolute Gasteiger partial charge is 0.368 e. The fourth-order valence-corrected chi connectivity index (χ4v) is 1.56. The summed E-state index contributed by atoms with van der Waals surface area (Å²) in [5, 5.41) is 4.27. The van der Waals surface area contributed by atoms with E-state index in [1.807, 2.05) is 0 Å². The number of rotatable bonds is 1. The number of nitrogens with zero attached hydrogens (tertiary/aromatic N) is 3. The van der Waals surface area contributed by atoms with Crippen LogP contribution in [0.2, 0.25) is 5.02 Å². The molecule has 0 radical (unpaired) electrons. The molecule has 0 saturated carbocycles. The van der Waals surface area contributed by atoms with Crippen molar-refractivity contribution in [2.24, 2.45) is 7.05 Å². The molecule has 0 amide bonds. The number of nitrogen functional groups attached to an aromatic ring is 1. The number of aryl methyl sites for hydroxylation is 1. The van der Waals surface area contributed by atoms with Crippen molar-refractivity contribution in [1.82, 2.24) is 14.3 Å². The van der Waals surface area contributed by atoms with Gasteiger partial charge in [0.25, 0.3) is 0 Å². The highest BCUT2D eigenvalue weighted by Gasteiger charge is 2.11. The lowest BCUT2D eigenvalue weighted by atomic mass is 10.3. The first-order chi connectivity index (χ1) is 7.11. The van der Waals surface area contributed by atoms with E-state index in [9.17, 15) is 4.79 Å². The number of halogens is 1. The quantitative estimate of drug-likeness (QED) is 0.780. The molecule has 2 aromatic rings. The molecular formula is C9H9ClN4O. The Labute approximate surface area is 90.7 Å². The fourth-order valence-electron chi connectivity index (χ4n) is 1.34. The first kappa shape index (κ1) is 9.79. The van der Waals surface area contributed by atoms with Crippen molar-refractivity contribution in [2.45, 2.75) is 0 Å². The summed E-state index contributed by atoms with van der Waals surface area (Å²) < 4.78 is 2.43. The first-order valence-corrected chi connectivity index (χ1v) is 4.65. The third-order valence-corrected chi connectivity index (χ3v) is 2.36. The van der Waals surface area contributed by atoms with E-state index in [1.54, 1.807) is 24.3 Å². The number of aromatic nitrogens is 3. The Morgan fingerprint density at radius 1 is 1.40 bits per heavy atom. The Hall–Kier alpha value is -1.75. The molecule has 0 spiro atoms. The maximum Gasteiger partial charge on any atom is 0.351 e. The second-order valence-electron chi connectivity index (χ2n) is 3.05. The normalized spacial score (nSPS) is 10.5. The van der Waals surface area contributed by atoms with Crippen LogP contribution in [0.1, 0.15) is 0 Å². The molecule has 78 valence electrons. The summed E-state index contributed by atoms with van der Waals surface area (Å²) in [6.45, 7) is 0. The summed E-state index contributed by atoms with van der Waals surface area (Å²) in [7, 11) is 1.53. The van der Waals surface area contributed by atoms with E-state index in [4.69, 9.17) is 17.3 Å². The smallest absolute Gasteiger partial charge is 0.351 e. The van der Waals surface area contributed by atoms with Gasteiger partial charge in [-0.25, -0.2) is 14.0 Å². The molecule has 0 atom stereocenters. The van der Waals surface area contributed by atoms with Crippen LogP contribution < -0.4 is 11.4 Å². The van der Waals surface area contributed by atoms with Crippen LogP contribution in [0, 0.1) is 0 Å². The molecule has 6 heteroatoms. The SMILES string of the molecule is Cn1nc(N)n(-c2ccccc2Cl)c1=O. The standard InChI is InChI=1S/C9H9ClN4O/c1-13-9(15)14(8(11)12-13)7-5-3-2-4-6(7)10/h2-5H,1H3,(H2,11,12). The van der Waals surface area contributed by atoms with E-state index in [0.29, 0.717) is 10.7 Å². The van der Waals surface area contributed by atoms with Gasteiger partial charge in [0, 0.05) is 7.05 Å². The van der Waals surface area contributed by atoms with Gasteiger partial charge in [0.15, 0.2) is 0 Å². The van der Waals surface area contributed by atoms with E-state index in [1.165, 1.54) is 16.3 Å². The summed E-state index contributed by atoms with van der Waals surface area (Å²) in [5.74, 6) is 0.121. The highest BCUT2D eigenvalue weighted by Crippen LogP contribution is 2.19. The molecule has 0 aliphatic carbocycles. The van der Waals surface area contributed by atoms with Crippen molar-refractivity contribution in [2.75, 3.05) is 5.73 Å². The van der Waals surface area contributed by atoms with E-state index >= 15 is 0 Å². The summed E-state index contributed by atoms with van der Waals surface area (Å²) in [4.78, 5) is 11.7. The van der Waals surface area contributed by atoms with Gasteiger partial charge >= 0.3 is 5.69 Å². The topological polar surface area (TPSA) is 65.8 Å². The lowest BCUT2D eigenvalue weighted by Crippen LogP contribution is -2.22. The van der Waals surface area contributed by atoms with Crippen LogP contribution in [0.15, 0.2) is 29.1 Å². The molecule has 0 aliphatic heterocycles. The average Bonchev–Trinajstić information content (AvgIpc) is 2.43. The third-order valence-electron chi connectivity index (χ3n) is 2.04. The average molecular weight is 225 g/mol. The molecule has 0 fully saturated rings. The number of anilines is 1. The fraction of sp³-hybridized carbons (Fsp3) is 0.111. The van der Waals surface area contributed by atoms with Gasteiger partial charge in [0.1, 0.15) is 0 Å². The molecular weight excluding hydrogens is 216 g/mol. The summed E-state index contributed by atoms with van der Waals surface area (Å²) in [6, 6.07) is 6.96. The van der Waals surface area contributed by atoms with Crippen molar-refractivity contribution >= 4 is 17.5 Å². The summed E-state index contributed by atoms with van der Waals surface area (Å²) in [5.41, 5.74) is 5.83. The van der Waals surface area contributed by atoms with Gasteiger partial charge in [-0.3, -0.25) is 0 Å². The Morgan fingerprint density at radius 3 is 2.60 bits per heavy atom. The minimum absolute atomic E-state index is 0.121. The monoisotopic (exact) mass is 224 g/mol. The molecule has 0 unspecified atom stereocenters. The van der Waals surface area contributed by atoms with E-state index < -0.39 is 0 Å². The van der Waals surface area contributed by atoms with Crippen LogP contribution in [-0.4, -0.2) is 14.3 Å². The number of hydrogen-bond acceptors (Lipinski definition) is 3. The van der Waals surface area contributed by atoms with Crippen LogP contribution in [0.5, 0.6) is 0 Å². The number of para-hydroxylation sites is 1. The Bertz CT molecular complexity index is 557. The molecule has 1 heterocycles. The van der Waals surface area contributed by atoms with Gasteiger partial charge in [-0.1, -0.05) is 23.7 Å². The van der Waals surface area contributed by atoms with Crippen LogP contribution >= 0.6 is 11.6 Å². The highest BCUT2D eigenvalue weighted by atomic mass is 35.5. The maximum atomic E-state index is 11.7. The van der Waals surface area contributed by atoms with E-state index in [-0.39, 0.29) is 11.6 Å². The molecule has 5 nitrogen and oxygen atoms in total. The van der Waals surface area contributed by atoms with Crippen molar-refractivity contribution in [3.63, 3.8) is 0 Å². The van der Waals surface area contributed by atoms with Crippen LogP contribution in [-0.2, 0) is 7.05 Å². The van der Waals surface area contributed by atoms with Gasteiger partial charge in [-0.2, -0.15) is 0 Å². The van der Waals surface area contributed by atoms with Gasteiger partial charge in [0.2, 0.25) is 5.95 Å². The molecule has 1 aromatic carbocycles. The lowest BCUT2D eigenvalue weighted by Gasteiger charge is -2.03. The number of benzene rings is 1. The molecule has 2 rings (SSSR count). The minimum Gasteiger partial charge on any atom is -0.368 e. The minimum atomic E-state index is -0.319. The Morgan fingerprint density at radius 2 is 2.07 bits per heavy atom. The highest BCUT2D eigenvalue weighted by molar-refractivity contribution is 6.32. The van der Waals surface area contributed by atoms with Gasteiger partial charge in [-0.05, 0) is 12.1 Å². The van der Waals surface area contributed by atoms with E-state index in [2.05, 4.69) is 5.10 Å². The number of nitrogens with two attached hydrogens (primary N) is 1. The Kier molecular flexibility index (Phi) is 2.24. The van der Waals surface area contributed by atoms with Crippen LogP contribution in [0.25, 0.3) is 5.69 Å². The predicted molar refractivity (Wildman–Crippen MR) is 58.2 cm³/mol. The zero-order chi connectivity index (χ0) is 11.0. The van der Waals surface area contributed by atoms with Crippen molar-refractivity contribution in [3.05, 3.63) is 39.8 Å². The summed E-state index contributed by atoms with van der Waals surface area (Å²) >= 11 is 5.96. The van der Waals surface area contributed by atoms with Crippen molar-refractivity contribution in [3.8, 4) is 5.69 Å². The third kappa shape index (κ3) is 1.50. The molecule has 0 aliphatic rings. The second kappa shape index (κ2) is 3.43. The van der Waals surface area contributed by atoms with Crippen molar-refractivity contribution in [1.29, 1.82) is 0 Å². The molecule has 0 bridgehead atoms. The van der Waals surface area contributed by atoms with Gasteiger partial charge < -0.3 is 5.73 Å². The van der Waals surface area contributed by atoms with Crippen LogP contribution in [0.3, 0.4) is 0 Å². The first-order valence-electron chi connectivity index (χ1n) is 4.27. The number of hydrogen-bond donors (Lipinski definition) is 1. The molecule has 1 aromatic heterocycles. The molecule has 2 N–H and O–H groups in total. The Balaban J connectivity index is 2.75. The van der Waals surface area contributed by atoms with Crippen molar-refractivity contribution < 1.29 is 0 Å².